The van der Waals surface area contributed by atoms with Crippen molar-refractivity contribution >= 4 is 13.7 Å². The molecule has 0 fully saturated rings. The first-order valence-corrected chi connectivity index (χ1v) is 24.5. The number of rotatable bonds is 40. The minimum absolute atomic E-state index is 0.000676. The molecule has 3 atom stereocenters. The third-order valence-electron chi connectivity index (χ3n) is 9.59. The second-order valence-electron chi connectivity index (χ2n) is 16.4. The van der Waals surface area contributed by atoms with Crippen LogP contribution >= 0.6 is 7.82 Å². The Morgan fingerprint density at radius 2 is 1.03 bits per heavy atom. The van der Waals surface area contributed by atoms with E-state index >= 15 is 0 Å². The lowest BCUT2D eigenvalue weighted by molar-refractivity contribution is -0.870. The molecule has 338 valence electrons. The zero-order valence-electron chi connectivity index (χ0n) is 38.2. The lowest BCUT2D eigenvalue weighted by atomic mass is 10.0. The Morgan fingerprint density at radius 3 is 1.51 bits per heavy atom. The monoisotopic (exact) mass is 843 g/mol. The minimum atomic E-state index is -4.57. The number of nitrogens with zero attached hydrogens (tertiary/aromatic N) is 1. The molecule has 0 radical (unpaired) electrons. The largest absolute Gasteiger partial charge is 0.756 e. The van der Waals surface area contributed by atoms with Gasteiger partial charge in [-0.25, -0.2) is 0 Å². The van der Waals surface area contributed by atoms with Crippen LogP contribution in [0.5, 0.6) is 0 Å². The van der Waals surface area contributed by atoms with Crippen LogP contribution in [0.2, 0.25) is 0 Å². The van der Waals surface area contributed by atoms with Gasteiger partial charge in [0.15, 0.2) is 0 Å². The highest BCUT2D eigenvalue weighted by Gasteiger charge is 2.24. The van der Waals surface area contributed by atoms with Gasteiger partial charge in [-0.3, -0.25) is 9.36 Å². The van der Waals surface area contributed by atoms with Crippen molar-refractivity contribution in [1.82, 2.24) is 5.32 Å². The van der Waals surface area contributed by atoms with Crippen molar-refractivity contribution in [3.8, 4) is 0 Å². The van der Waals surface area contributed by atoms with E-state index in [-0.39, 0.29) is 19.1 Å². The predicted molar refractivity (Wildman–Crippen MR) is 251 cm³/mol. The average Bonchev–Trinajstić information content (AvgIpc) is 3.19. The van der Waals surface area contributed by atoms with Crippen LogP contribution in [-0.4, -0.2) is 68.5 Å². The molecule has 0 aromatic carbocycles. The highest BCUT2D eigenvalue weighted by atomic mass is 31.2. The molecule has 0 rings (SSSR count). The summed E-state index contributed by atoms with van der Waals surface area (Å²) in [5.41, 5.74) is 0. The number of likely N-dealkylation sites (N-methyl/N-ethyl adjacent to an activating group) is 1. The van der Waals surface area contributed by atoms with Gasteiger partial charge < -0.3 is 28.8 Å². The molecule has 1 amide bonds. The van der Waals surface area contributed by atoms with E-state index in [4.69, 9.17) is 9.05 Å². The molecule has 0 aliphatic carbocycles. The summed E-state index contributed by atoms with van der Waals surface area (Å²) in [6, 6.07) is -0.818. The number of unbranched alkanes of at least 4 members (excludes halogenated alkanes) is 11. The number of phosphoric acid groups is 1. The zero-order chi connectivity index (χ0) is 43.6. The van der Waals surface area contributed by atoms with E-state index in [0.717, 1.165) is 103 Å². The van der Waals surface area contributed by atoms with Crippen molar-refractivity contribution in [3.63, 3.8) is 0 Å². The maximum atomic E-state index is 12.8. The molecule has 0 bridgehead atoms. The van der Waals surface area contributed by atoms with Crippen LogP contribution in [0.4, 0.5) is 0 Å². The van der Waals surface area contributed by atoms with Crippen molar-refractivity contribution in [1.29, 1.82) is 0 Å². The topological polar surface area (TPSA) is 108 Å². The molecule has 0 spiro atoms. The fraction of sp³-hybridized carbons (Fsp3) is 0.660. The van der Waals surface area contributed by atoms with E-state index in [2.05, 4.69) is 116 Å². The van der Waals surface area contributed by atoms with E-state index in [1.54, 1.807) is 0 Å². The van der Waals surface area contributed by atoms with Crippen LogP contribution in [-0.2, 0) is 18.4 Å². The van der Waals surface area contributed by atoms with Gasteiger partial charge in [-0.2, -0.15) is 0 Å². The van der Waals surface area contributed by atoms with Gasteiger partial charge in [0.2, 0.25) is 5.91 Å². The highest BCUT2D eigenvalue weighted by Crippen LogP contribution is 2.38. The quantitative estimate of drug-likeness (QED) is 0.0275. The molecule has 3 unspecified atom stereocenters. The van der Waals surface area contributed by atoms with Gasteiger partial charge in [-0.15, -0.1) is 0 Å². The lowest BCUT2D eigenvalue weighted by Crippen LogP contribution is -2.46. The van der Waals surface area contributed by atoms with Gasteiger partial charge in [0.1, 0.15) is 13.2 Å². The summed E-state index contributed by atoms with van der Waals surface area (Å²) < 4.78 is 23.2. The normalized spacial score (nSPS) is 15.2. The summed E-state index contributed by atoms with van der Waals surface area (Å²) >= 11 is 0. The third kappa shape index (κ3) is 43.3. The number of allylic oxidation sites excluding steroid dienone is 16. The summed E-state index contributed by atoms with van der Waals surface area (Å²) in [5.74, 6) is -0.198. The van der Waals surface area contributed by atoms with Crippen molar-refractivity contribution in [2.75, 3.05) is 40.9 Å². The number of carbonyl (C=O) groups is 1. The number of aliphatic hydroxyl groups excluding tert-OH is 1. The van der Waals surface area contributed by atoms with Crippen LogP contribution in [0, 0.1) is 0 Å². The standard InChI is InChI=1S/C50H87N2O6P/c1-6-8-10-12-14-16-17-18-19-20-21-22-23-24-25-26-27-28-29-30-31-32-33-34-35-36-38-40-42-44-50(54)51-48(47-58-59(55,56)57-46-45-52(3,4)5)49(53)43-41-39-37-15-13-11-9-7-2/h8,10,14,16,18-19,21-22,24-25,27-28,30-31,33-34,48-49,53H,6-7,9,11-13,15,17,20,23,26,29,32,35-47H2,1-5H3,(H-,51,54,55,56)/b10-8-,16-14-,19-18-,22-21-,25-24-,28-27-,31-30-,34-33-. The molecular formula is C50H87N2O6P. The van der Waals surface area contributed by atoms with Gasteiger partial charge in [0, 0.05) is 6.42 Å². The van der Waals surface area contributed by atoms with Crippen molar-refractivity contribution in [2.45, 2.75) is 174 Å². The number of phosphoric ester groups is 1. The number of amides is 1. The fourth-order valence-electron chi connectivity index (χ4n) is 5.93. The van der Waals surface area contributed by atoms with Gasteiger partial charge >= 0.3 is 0 Å². The molecule has 0 aliphatic rings. The molecule has 0 heterocycles. The summed E-state index contributed by atoms with van der Waals surface area (Å²) in [5, 5.41) is 13.8. The van der Waals surface area contributed by atoms with Crippen molar-refractivity contribution in [2.24, 2.45) is 0 Å². The molecular weight excluding hydrogens is 756 g/mol. The molecule has 2 N–H and O–H groups in total. The van der Waals surface area contributed by atoms with Crippen molar-refractivity contribution in [3.05, 3.63) is 97.2 Å². The lowest BCUT2D eigenvalue weighted by Gasteiger charge is -2.30. The molecule has 8 nitrogen and oxygen atoms in total. The average molecular weight is 843 g/mol. The molecule has 9 heteroatoms. The molecule has 59 heavy (non-hydrogen) atoms. The van der Waals surface area contributed by atoms with Crippen LogP contribution in [0.1, 0.15) is 162 Å². The number of aliphatic hydroxyl groups is 1. The second-order valence-corrected chi connectivity index (χ2v) is 17.8. The molecule has 0 saturated heterocycles. The van der Waals surface area contributed by atoms with E-state index < -0.39 is 20.0 Å². The third-order valence-corrected chi connectivity index (χ3v) is 10.6. The smallest absolute Gasteiger partial charge is 0.268 e. The number of hydrogen-bond donors (Lipinski definition) is 2. The number of nitrogens with one attached hydrogen (secondary N) is 1. The van der Waals surface area contributed by atoms with Crippen LogP contribution in [0.25, 0.3) is 0 Å². The zero-order valence-corrected chi connectivity index (χ0v) is 39.1. The Kier molecular flexibility index (Phi) is 39.0. The molecule has 0 aromatic heterocycles. The molecule has 0 saturated carbocycles. The summed E-state index contributed by atoms with van der Waals surface area (Å²) in [6.07, 6.45) is 57.2. The van der Waals surface area contributed by atoms with Crippen LogP contribution < -0.4 is 10.2 Å². The Balaban J connectivity index is 4.24. The van der Waals surface area contributed by atoms with Crippen LogP contribution in [0.3, 0.4) is 0 Å². The summed E-state index contributed by atoms with van der Waals surface area (Å²) in [7, 11) is 1.26. The van der Waals surface area contributed by atoms with E-state index in [1.807, 2.05) is 21.1 Å². The van der Waals surface area contributed by atoms with Gasteiger partial charge in [0.05, 0.1) is 39.9 Å². The SMILES string of the molecule is CC/C=C\C/C=C\C/C=C\C/C=C\C/C=C\C/C=C\C/C=C\C/C=C\CCCCCCC(=O)NC(COP(=O)([O-])OCC[N+](C)(C)C)C(O)CCCCCCCCCC. The van der Waals surface area contributed by atoms with Gasteiger partial charge in [-0.05, 0) is 77.0 Å². The number of quaternary nitrogens is 1. The van der Waals surface area contributed by atoms with Gasteiger partial charge in [-0.1, -0.05) is 175 Å². The van der Waals surface area contributed by atoms with Crippen LogP contribution in [0.15, 0.2) is 97.2 Å². The Bertz CT molecular complexity index is 1280. The van der Waals surface area contributed by atoms with Crippen molar-refractivity contribution < 1.29 is 32.9 Å². The minimum Gasteiger partial charge on any atom is -0.756 e. The Hall–Kier alpha value is -2.58. The highest BCUT2D eigenvalue weighted by molar-refractivity contribution is 7.45. The Labute approximate surface area is 362 Å². The summed E-state index contributed by atoms with van der Waals surface area (Å²) in [4.78, 5) is 25.2. The molecule has 0 aromatic rings. The van der Waals surface area contributed by atoms with E-state index in [1.165, 1.54) is 32.1 Å². The first-order valence-electron chi connectivity index (χ1n) is 23.1. The predicted octanol–water partition coefficient (Wildman–Crippen LogP) is 12.5. The maximum absolute atomic E-state index is 12.8. The first-order chi connectivity index (χ1) is 28.5. The number of hydrogen-bond acceptors (Lipinski definition) is 6. The number of carbonyl (C=O) groups excluding carboxylic acids is 1. The molecule has 0 aliphatic heterocycles. The van der Waals surface area contributed by atoms with Gasteiger partial charge in [0.25, 0.3) is 7.82 Å². The summed E-state index contributed by atoms with van der Waals surface area (Å²) in [6.45, 7) is 4.51. The first kappa shape index (κ1) is 56.4. The second kappa shape index (κ2) is 40.8. The Morgan fingerprint density at radius 1 is 0.610 bits per heavy atom. The van der Waals surface area contributed by atoms with E-state index in [0.29, 0.717) is 23.9 Å². The maximum Gasteiger partial charge on any atom is 0.268 e. The fourth-order valence-corrected chi connectivity index (χ4v) is 6.66. The van der Waals surface area contributed by atoms with E-state index in [9.17, 15) is 19.4 Å².